The third kappa shape index (κ3) is 2.91. The minimum atomic E-state index is -0.214. The van der Waals surface area contributed by atoms with Crippen molar-refractivity contribution in [2.45, 2.75) is 0 Å². The molecule has 0 bridgehead atoms. The fraction of sp³-hybridized carbons (Fsp3) is 0.400. The van der Waals surface area contributed by atoms with Crippen LogP contribution < -0.4 is 4.90 Å². The number of nitroso groups, excluding NO2 is 1. The van der Waals surface area contributed by atoms with Crippen molar-refractivity contribution in [3.63, 3.8) is 0 Å². The molecule has 1 rings (SSSR count). The Balaban J connectivity index is 2.91. The van der Waals surface area contributed by atoms with Gasteiger partial charge < -0.3 is 20.2 Å². The van der Waals surface area contributed by atoms with E-state index < -0.39 is 0 Å². The Bertz CT molecular complexity index is 351. The molecule has 16 heavy (non-hydrogen) atoms. The van der Waals surface area contributed by atoms with Crippen LogP contribution in [0.3, 0.4) is 0 Å². The van der Waals surface area contributed by atoms with E-state index in [1.54, 1.807) is 11.0 Å². The summed E-state index contributed by atoms with van der Waals surface area (Å²) in [6.07, 6.45) is 0. The molecule has 0 aliphatic rings. The minimum absolute atomic E-state index is 0.0308. The Kier molecular flexibility index (Phi) is 4.68. The van der Waals surface area contributed by atoms with E-state index in [9.17, 15) is 10.0 Å². The highest BCUT2D eigenvalue weighted by Crippen LogP contribution is 2.30. The van der Waals surface area contributed by atoms with Crippen LogP contribution in [0.1, 0.15) is 0 Å². The molecule has 0 radical (unpaired) electrons. The Morgan fingerprint density at radius 2 is 1.81 bits per heavy atom. The van der Waals surface area contributed by atoms with Gasteiger partial charge in [0.05, 0.1) is 13.2 Å². The van der Waals surface area contributed by atoms with Crippen molar-refractivity contribution < 1.29 is 15.3 Å². The van der Waals surface area contributed by atoms with Crippen LogP contribution in [-0.4, -0.2) is 41.6 Å². The van der Waals surface area contributed by atoms with Crippen molar-refractivity contribution in [3.8, 4) is 5.75 Å². The fourth-order valence-electron chi connectivity index (χ4n) is 1.40. The topological polar surface area (TPSA) is 93.4 Å². The molecular formula is C10H14N2O4. The van der Waals surface area contributed by atoms with Crippen LogP contribution in [0.5, 0.6) is 5.75 Å². The molecular weight excluding hydrogens is 212 g/mol. The van der Waals surface area contributed by atoms with Crippen LogP contribution in [0.15, 0.2) is 23.4 Å². The number of aliphatic hydroxyl groups is 2. The van der Waals surface area contributed by atoms with Gasteiger partial charge in [0.15, 0.2) is 0 Å². The number of benzene rings is 1. The van der Waals surface area contributed by atoms with Gasteiger partial charge >= 0.3 is 0 Å². The first-order chi connectivity index (χ1) is 7.72. The second-order valence-electron chi connectivity index (χ2n) is 3.20. The molecule has 0 amide bonds. The lowest BCUT2D eigenvalue weighted by molar-refractivity contribution is 0.281. The predicted octanol–water partition coefficient (Wildman–Crippen LogP) is 0.581. The molecule has 0 spiro atoms. The Morgan fingerprint density at radius 1 is 1.19 bits per heavy atom. The number of hydrogen-bond donors (Lipinski definition) is 3. The van der Waals surface area contributed by atoms with Gasteiger partial charge in [0.2, 0.25) is 0 Å². The first-order valence-electron chi connectivity index (χ1n) is 4.86. The molecule has 88 valence electrons. The van der Waals surface area contributed by atoms with Crippen LogP contribution in [0, 0.1) is 4.91 Å². The molecule has 1 aromatic carbocycles. The van der Waals surface area contributed by atoms with E-state index in [0.717, 1.165) is 0 Å². The third-order valence-electron chi connectivity index (χ3n) is 2.16. The zero-order valence-corrected chi connectivity index (χ0v) is 8.70. The number of aromatic hydroxyl groups is 1. The van der Waals surface area contributed by atoms with Crippen molar-refractivity contribution >= 4 is 11.4 Å². The van der Waals surface area contributed by atoms with Crippen LogP contribution in [0.2, 0.25) is 0 Å². The largest absolute Gasteiger partial charge is 0.505 e. The second kappa shape index (κ2) is 6.04. The average molecular weight is 226 g/mol. The Hall–Kier alpha value is -1.66. The molecule has 6 heteroatoms. The van der Waals surface area contributed by atoms with Crippen LogP contribution in [-0.2, 0) is 0 Å². The van der Waals surface area contributed by atoms with Gasteiger partial charge in [-0.15, -0.1) is 4.91 Å². The second-order valence-corrected chi connectivity index (χ2v) is 3.20. The average Bonchev–Trinajstić information content (AvgIpc) is 2.28. The van der Waals surface area contributed by atoms with E-state index in [-0.39, 0.29) is 24.7 Å². The Morgan fingerprint density at radius 3 is 2.25 bits per heavy atom. The number of rotatable bonds is 6. The SMILES string of the molecule is O=Nc1ccc(N(CCO)CCO)cc1O. The Labute approximate surface area is 92.7 Å². The molecule has 3 N–H and O–H groups in total. The van der Waals surface area contributed by atoms with Crippen molar-refractivity contribution in [1.29, 1.82) is 0 Å². The first-order valence-corrected chi connectivity index (χ1v) is 4.86. The van der Waals surface area contributed by atoms with Gasteiger partial charge in [-0.3, -0.25) is 0 Å². The van der Waals surface area contributed by atoms with Gasteiger partial charge in [-0.25, -0.2) is 0 Å². The van der Waals surface area contributed by atoms with E-state index in [1.165, 1.54) is 12.1 Å². The molecule has 0 unspecified atom stereocenters. The molecule has 0 aliphatic heterocycles. The van der Waals surface area contributed by atoms with Gasteiger partial charge in [-0.1, -0.05) is 0 Å². The van der Waals surface area contributed by atoms with E-state index in [1.807, 2.05) is 0 Å². The molecule has 0 saturated heterocycles. The van der Waals surface area contributed by atoms with Gasteiger partial charge in [0.1, 0.15) is 11.4 Å². The molecule has 6 nitrogen and oxygen atoms in total. The fourth-order valence-corrected chi connectivity index (χ4v) is 1.40. The summed E-state index contributed by atoms with van der Waals surface area (Å²) in [5.74, 6) is -0.214. The van der Waals surface area contributed by atoms with Crippen molar-refractivity contribution in [2.24, 2.45) is 5.18 Å². The van der Waals surface area contributed by atoms with Gasteiger partial charge in [0, 0.05) is 24.8 Å². The van der Waals surface area contributed by atoms with Crippen molar-refractivity contribution in [3.05, 3.63) is 23.1 Å². The maximum absolute atomic E-state index is 10.3. The summed E-state index contributed by atoms with van der Waals surface area (Å²) in [7, 11) is 0. The van der Waals surface area contributed by atoms with Crippen LogP contribution in [0.4, 0.5) is 11.4 Å². The minimum Gasteiger partial charge on any atom is -0.505 e. The number of nitrogens with zero attached hydrogens (tertiary/aromatic N) is 2. The van der Waals surface area contributed by atoms with Gasteiger partial charge in [0.25, 0.3) is 0 Å². The normalized spacial score (nSPS) is 10.1. The predicted molar refractivity (Wildman–Crippen MR) is 59.9 cm³/mol. The summed E-state index contributed by atoms with van der Waals surface area (Å²) in [6.45, 7) is 0.560. The monoisotopic (exact) mass is 226 g/mol. The number of phenols is 1. The highest BCUT2D eigenvalue weighted by molar-refractivity contribution is 5.61. The van der Waals surface area contributed by atoms with Crippen LogP contribution >= 0.6 is 0 Å². The number of phenolic OH excluding ortho intramolecular Hbond substituents is 1. The van der Waals surface area contributed by atoms with Gasteiger partial charge in [-0.05, 0) is 17.3 Å². The summed E-state index contributed by atoms with van der Waals surface area (Å²) >= 11 is 0. The summed E-state index contributed by atoms with van der Waals surface area (Å²) in [4.78, 5) is 11.9. The smallest absolute Gasteiger partial charge is 0.149 e. The lowest BCUT2D eigenvalue weighted by Gasteiger charge is -2.23. The lowest BCUT2D eigenvalue weighted by atomic mass is 10.2. The highest BCUT2D eigenvalue weighted by atomic mass is 16.3. The van der Waals surface area contributed by atoms with Crippen molar-refractivity contribution in [1.82, 2.24) is 0 Å². The summed E-state index contributed by atoms with van der Waals surface area (Å²) < 4.78 is 0. The maximum Gasteiger partial charge on any atom is 0.149 e. The molecule has 1 aromatic rings. The van der Waals surface area contributed by atoms with Crippen molar-refractivity contribution in [2.75, 3.05) is 31.2 Å². The molecule has 0 fully saturated rings. The van der Waals surface area contributed by atoms with Crippen LogP contribution in [0.25, 0.3) is 0 Å². The number of hydrogen-bond acceptors (Lipinski definition) is 6. The molecule has 0 aromatic heterocycles. The summed E-state index contributed by atoms with van der Waals surface area (Å²) in [5, 5.41) is 29.8. The van der Waals surface area contributed by atoms with E-state index in [0.29, 0.717) is 18.8 Å². The zero-order valence-electron chi connectivity index (χ0n) is 8.70. The molecule has 0 atom stereocenters. The number of aliphatic hydroxyl groups excluding tert-OH is 2. The summed E-state index contributed by atoms with van der Waals surface area (Å²) in [5.41, 5.74) is 0.588. The zero-order chi connectivity index (χ0) is 12.0. The van der Waals surface area contributed by atoms with Gasteiger partial charge in [-0.2, -0.15) is 0 Å². The van der Waals surface area contributed by atoms with E-state index in [4.69, 9.17) is 10.2 Å². The first kappa shape index (κ1) is 12.4. The standard InChI is InChI=1S/C10H14N2O4/c13-5-3-12(4-6-14)8-1-2-9(11-16)10(15)7-8/h1-2,7,13-15H,3-6H2. The quantitative estimate of drug-likeness (QED) is 0.617. The highest BCUT2D eigenvalue weighted by Gasteiger charge is 2.08. The molecule has 0 saturated carbocycles. The number of anilines is 1. The van der Waals surface area contributed by atoms with E-state index >= 15 is 0 Å². The third-order valence-corrected chi connectivity index (χ3v) is 2.16. The summed E-state index contributed by atoms with van der Waals surface area (Å²) in [6, 6.07) is 4.36. The lowest BCUT2D eigenvalue weighted by Crippen LogP contribution is -2.29. The molecule has 0 heterocycles. The molecule has 0 aliphatic carbocycles. The maximum atomic E-state index is 10.3. The van der Waals surface area contributed by atoms with E-state index in [2.05, 4.69) is 5.18 Å².